The van der Waals surface area contributed by atoms with Crippen molar-refractivity contribution in [2.24, 2.45) is 0 Å². The van der Waals surface area contributed by atoms with Crippen molar-refractivity contribution in [2.75, 3.05) is 7.11 Å². The number of fused-ring (bicyclic) bond motifs is 1. The van der Waals surface area contributed by atoms with Gasteiger partial charge in [-0.3, -0.25) is 0 Å². The van der Waals surface area contributed by atoms with Gasteiger partial charge in [0, 0.05) is 5.39 Å². The molecule has 2 rings (SSSR count). The van der Waals surface area contributed by atoms with Crippen LogP contribution in [0.1, 0.15) is 0 Å². The molecule has 0 atom stereocenters. The summed E-state index contributed by atoms with van der Waals surface area (Å²) in [5, 5.41) is 4.62. The minimum Gasteiger partial charge on any atom is -0.493 e. The fourth-order valence-corrected chi connectivity index (χ4v) is 1.03. The summed E-state index contributed by atoms with van der Waals surface area (Å²) in [7, 11) is 1.61. The van der Waals surface area contributed by atoms with E-state index in [0.29, 0.717) is 5.58 Å². The lowest BCUT2D eigenvalue weighted by atomic mass is 10.2. The number of nitrogens with zero attached hydrogens (tertiary/aromatic N) is 1. The summed E-state index contributed by atoms with van der Waals surface area (Å²) in [6.07, 6.45) is 1.66. The highest BCUT2D eigenvalue weighted by molar-refractivity contribution is 5.81. The lowest BCUT2D eigenvalue weighted by molar-refractivity contribution is 0.393. The molecule has 0 aliphatic carbocycles. The van der Waals surface area contributed by atoms with Crippen molar-refractivity contribution < 1.29 is 9.26 Å². The molecule has 0 aliphatic rings. The van der Waals surface area contributed by atoms with Crippen molar-refractivity contribution in [2.45, 2.75) is 0 Å². The quantitative estimate of drug-likeness (QED) is 0.620. The number of hydrogen-bond donors (Lipinski definition) is 0. The molecule has 0 amide bonds. The zero-order chi connectivity index (χ0) is 7.68. The molecular weight excluding hydrogens is 142 g/mol. The van der Waals surface area contributed by atoms with Gasteiger partial charge in [-0.15, -0.1) is 0 Å². The van der Waals surface area contributed by atoms with Gasteiger partial charge in [0.15, 0.2) is 5.75 Å². The molecule has 11 heavy (non-hydrogen) atoms. The van der Waals surface area contributed by atoms with Gasteiger partial charge in [0.25, 0.3) is 0 Å². The smallest absolute Gasteiger partial charge is 0.208 e. The second-order valence-electron chi connectivity index (χ2n) is 2.20. The van der Waals surface area contributed by atoms with E-state index in [2.05, 4.69) is 5.16 Å². The molecular formula is C8H7NO2. The fraction of sp³-hybridized carbons (Fsp3) is 0.125. The number of aromatic nitrogens is 1. The highest BCUT2D eigenvalue weighted by Gasteiger charge is 2.03. The van der Waals surface area contributed by atoms with Gasteiger partial charge in [0.2, 0.25) is 5.58 Å². The molecule has 1 heterocycles. The van der Waals surface area contributed by atoms with E-state index in [1.165, 1.54) is 0 Å². The summed E-state index contributed by atoms with van der Waals surface area (Å²) in [4.78, 5) is 0. The van der Waals surface area contributed by atoms with E-state index in [0.717, 1.165) is 11.1 Å². The van der Waals surface area contributed by atoms with Crippen LogP contribution in [-0.2, 0) is 0 Å². The Morgan fingerprint density at radius 3 is 3.18 bits per heavy atom. The third-order valence-electron chi connectivity index (χ3n) is 1.57. The highest BCUT2D eigenvalue weighted by Crippen LogP contribution is 2.23. The lowest BCUT2D eigenvalue weighted by Gasteiger charge is -1.96. The van der Waals surface area contributed by atoms with Crippen molar-refractivity contribution in [1.29, 1.82) is 0 Å². The van der Waals surface area contributed by atoms with Crippen molar-refractivity contribution in [1.82, 2.24) is 5.16 Å². The van der Waals surface area contributed by atoms with Crippen molar-refractivity contribution in [3.63, 3.8) is 0 Å². The van der Waals surface area contributed by atoms with E-state index in [1.807, 2.05) is 18.2 Å². The monoisotopic (exact) mass is 149 g/mol. The molecule has 0 radical (unpaired) electrons. The molecule has 0 bridgehead atoms. The molecule has 1 aromatic heterocycles. The predicted octanol–water partition coefficient (Wildman–Crippen LogP) is 1.84. The summed E-state index contributed by atoms with van der Waals surface area (Å²) in [5.41, 5.74) is 0.704. The standard InChI is InChI=1S/C8H7NO2/c1-10-7-4-2-3-6-5-9-11-8(6)7/h2-5H,1H3. The molecule has 3 nitrogen and oxygen atoms in total. The Morgan fingerprint density at radius 2 is 2.36 bits per heavy atom. The Balaban J connectivity index is 2.79. The maximum Gasteiger partial charge on any atom is 0.208 e. The summed E-state index contributed by atoms with van der Waals surface area (Å²) in [6.45, 7) is 0. The molecule has 56 valence electrons. The summed E-state index contributed by atoms with van der Waals surface area (Å²) in [5.74, 6) is 0.722. The van der Waals surface area contributed by atoms with Crippen LogP contribution in [0.4, 0.5) is 0 Å². The van der Waals surface area contributed by atoms with Gasteiger partial charge in [0.05, 0.1) is 13.3 Å². The minimum absolute atomic E-state index is 0.704. The lowest BCUT2D eigenvalue weighted by Crippen LogP contribution is -1.81. The molecule has 3 heteroatoms. The Hall–Kier alpha value is -1.51. The molecule has 0 fully saturated rings. The summed E-state index contributed by atoms with van der Waals surface area (Å²) >= 11 is 0. The van der Waals surface area contributed by atoms with E-state index in [9.17, 15) is 0 Å². The first-order valence-corrected chi connectivity index (χ1v) is 3.29. The van der Waals surface area contributed by atoms with Crippen LogP contribution in [0.2, 0.25) is 0 Å². The molecule has 0 unspecified atom stereocenters. The van der Waals surface area contributed by atoms with Gasteiger partial charge in [-0.05, 0) is 12.1 Å². The van der Waals surface area contributed by atoms with Gasteiger partial charge in [-0.25, -0.2) is 0 Å². The number of methoxy groups -OCH3 is 1. The number of rotatable bonds is 1. The zero-order valence-corrected chi connectivity index (χ0v) is 6.07. The maximum atomic E-state index is 5.05. The van der Waals surface area contributed by atoms with E-state index in [1.54, 1.807) is 13.3 Å². The Morgan fingerprint density at radius 1 is 1.45 bits per heavy atom. The van der Waals surface area contributed by atoms with Crippen LogP contribution in [0.5, 0.6) is 5.75 Å². The van der Waals surface area contributed by atoms with Gasteiger partial charge in [-0.1, -0.05) is 11.2 Å². The summed E-state index contributed by atoms with van der Waals surface area (Å²) in [6, 6.07) is 5.67. The van der Waals surface area contributed by atoms with E-state index < -0.39 is 0 Å². The van der Waals surface area contributed by atoms with E-state index in [-0.39, 0.29) is 0 Å². The fourth-order valence-electron chi connectivity index (χ4n) is 1.03. The first-order valence-electron chi connectivity index (χ1n) is 3.29. The zero-order valence-electron chi connectivity index (χ0n) is 6.07. The Labute approximate surface area is 63.6 Å². The van der Waals surface area contributed by atoms with Crippen LogP contribution in [-0.4, -0.2) is 12.3 Å². The van der Waals surface area contributed by atoms with E-state index in [4.69, 9.17) is 9.26 Å². The van der Waals surface area contributed by atoms with Crippen LogP contribution < -0.4 is 4.74 Å². The number of hydrogen-bond acceptors (Lipinski definition) is 3. The summed E-state index contributed by atoms with van der Waals surface area (Å²) < 4.78 is 10.0. The van der Waals surface area contributed by atoms with Crippen LogP contribution in [0, 0.1) is 0 Å². The second kappa shape index (κ2) is 2.27. The SMILES string of the molecule is COc1cccc2cnoc12. The number of benzene rings is 1. The molecule has 0 saturated heterocycles. The molecule has 0 spiro atoms. The predicted molar refractivity (Wildman–Crippen MR) is 40.6 cm³/mol. The first kappa shape index (κ1) is 6.22. The van der Waals surface area contributed by atoms with Crippen molar-refractivity contribution in [3.8, 4) is 5.75 Å². The Kier molecular flexibility index (Phi) is 1.28. The van der Waals surface area contributed by atoms with E-state index >= 15 is 0 Å². The van der Waals surface area contributed by atoms with Crippen LogP contribution >= 0.6 is 0 Å². The van der Waals surface area contributed by atoms with Crippen LogP contribution in [0.15, 0.2) is 28.9 Å². The van der Waals surface area contributed by atoms with Crippen molar-refractivity contribution >= 4 is 11.0 Å². The van der Waals surface area contributed by atoms with Gasteiger partial charge < -0.3 is 9.26 Å². The highest BCUT2D eigenvalue weighted by atomic mass is 16.5. The second-order valence-corrected chi connectivity index (χ2v) is 2.20. The Bertz CT molecular complexity index is 367. The van der Waals surface area contributed by atoms with Crippen molar-refractivity contribution in [3.05, 3.63) is 24.4 Å². The van der Waals surface area contributed by atoms with Gasteiger partial charge in [-0.2, -0.15) is 0 Å². The number of ether oxygens (including phenoxy) is 1. The van der Waals surface area contributed by atoms with Gasteiger partial charge in [0.1, 0.15) is 0 Å². The first-order chi connectivity index (χ1) is 5.42. The molecule has 0 aliphatic heterocycles. The topological polar surface area (TPSA) is 35.3 Å². The van der Waals surface area contributed by atoms with Crippen LogP contribution in [0.3, 0.4) is 0 Å². The average Bonchev–Trinajstić information content (AvgIpc) is 2.50. The third-order valence-corrected chi connectivity index (χ3v) is 1.57. The van der Waals surface area contributed by atoms with Gasteiger partial charge >= 0.3 is 0 Å². The third kappa shape index (κ3) is 0.852. The number of para-hydroxylation sites is 1. The minimum atomic E-state index is 0.704. The normalized spacial score (nSPS) is 10.3. The average molecular weight is 149 g/mol. The largest absolute Gasteiger partial charge is 0.493 e. The van der Waals surface area contributed by atoms with Crippen LogP contribution in [0.25, 0.3) is 11.0 Å². The molecule has 2 aromatic rings. The molecule has 1 aromatic carbocycles. The molecule has 0 N–H and O–H groups in total. The maximum absolute atomic E-state index is 5.05. The molecule has 0 saturated carbocycles.